The highest BCUT2D eigenvalue weighted by molar-refractivity contribution is 7.98. The van der Waals surface area contributed by atoms with E-state index in [2.05, 4.69) is 29.4 Å². The van der Waals surface area contributed by atoms with Gasteiger partial charge < -0.3 is 10.1 Å². The molecule has 0 amide bonds. The van der Waals surface area contributed by atoms with Crippen molar-refractivity contribution in [3.05, 3.63) is 42.1 Å². The highest BCUT2D eigenvalue weighted by atomic mass is 32.2. The second kappa shape index (κ2) is 8.00. The van der Waals surface area contributed by atoms with Gasteiger partial charge in [-0.3, -0.25) is 0 Å². The van der Waals surface area contributed by atoms with Crippen LogP contribution in [0.1, 0.15) is 19.5 Å². The van der Waals surface area contributed by atoms with E-state index in [1.54, 1.807) is 11.8 Å². The molecule has 0 unspecified atom stereocenters. The summed E-state index contributed by atoms with van der Waals surface area (Å²) in [4.78, 5) is 1.21. The maximum Gasteiger partial charge on any atom is 0.238 e. The zero-order valence-electron chi connectivity index (χ0n) is 12.7. The molecule has 1 aromatic carbocycles. The van der Waals surface area contributed by atoms with Gasteiger partial charge in [0, 0.05) is 17.5 Å². The monoisotopic (exact) mass is 303 g/mol. The van der Waals surface area contributed by atoms with E-state index in [1.165, 1.54) is 4.90 Å². The molecule has 21 heavy (non-hydrogen) atoms. The highest BCUT2D eigenvalue weighted by Crippen LogP contribution is 2.22. The lowest BCUT2D eigenvalue weighted by Gasteiger charge is -2.07. The fraction of sp³-hybridized carbons (Fsp3) is 0.375. The molecular formula is C16H21N3OS. The van der Waals surface area contributed by atoms with Crippen molar-refractivity contribution in [3.8, 4) is 11.6 Å². The molecule has 0 fully saturated rings. The number of nitrogens with one attached hydrogen (secondary N) is 1. The Kier molecular flexibility index (Phi) is 6.02. The molecule has 0 bridgehead atoms. The van der Waals surface area contributed by atoms with Crippen molar-refractivity contribution in [3.63, 3.8) is 0 Å². The van der Waals surface area contributed by atoms with Gasteiger partial charge in [0.25, 0.3) is 0 Å². The molecule has 5 heteroatoms. The third-order valence-electron chi connectivity index (χ3n) is 2.84. The van der Waals surface area contributed by atoms with Crippen molar-refractivity contribution < 1.29 is 4.74 Å². The standard InChI is InChI=1S/C16H21N3OS/c1-12(2)10-17-11-13-4-9-16(19-18-13)20-14-5-7-15(21-3)8-6-14/h4-9,12,17H,10-11H2,1-3H3. The fourth-order valence-corrected chi connectivity index (χ4v) is 2.16. The third-order valence-corrected chi connectivity index (χ3v) is 3.58. The van der Waals surface area contributed by atoms with Crippen LogP contribution in [0.15, 0.2) is 41.3 Å². The van der Waals surface area contributed by atoms with Gasteiger partial charge in [0.15, 0.2) is 0 Å². The zero-order valence-corrected chi connectivity index (χ0v) is 13.5. The molecular weight excluding hydrogens is 282 g/mol. The average molecular weight is 303 g/mol. The van der Waals surface area contributed by atoms with Crippen LogP contribution in [-0.2, 0) is 6.54 Å². The lowest BCUT2D eigenvalue weighted by molar-refractivity contribution is 0.452. The second-order valence-electron chi connectivity index (χ2n) is 5.17. The zero-order chi connectivity index (χ0) is 15.1. The Bertz CT molecular complexity index is 540. The van der Waals surface area contributed by atoms with E-state index in [-0.39, 0.29) is 0 Å². The smallest absolute Gasteiger partial charge is 0.238 e. The molecule has 1 N–H and O–H groups in total. The van der Waals surface area contributed by atoms with Gasteiger partial charge in [0.05, 0.1) is 5.69 Å². The summed E-state index contributed by atoms with van der Waals surface area (Å²) in [6, 6.07) is 11.7. The van der Waals surface area contributed by atoms with Gasteiger partial charge in [-0.1, -0.05) is 13.8 Å². The number of benzene rings is 1. The van der Waals surface area contributed by atoms with Crippen LogP contribution in [0.5, 0.6) is 11.6 Å². The van der Waals surface area contributed by atoms with Crippen LogP contribution in [0.3, 0.4) is 0 Å². The molecule has 1 heterocycles. The van der Waals surface area contributed by atoms with E-state index < -0.39 is 0 Å². The van der Waals surface area contributed by atoms with E-state index in [9.17, 15) is 0 Å². The first kappa shape index (κ1) is 15.8. The second-order valence-corrected chi connectivity index (χ2v) is 6.04. The minimum Gasteiger partial charge on any atom is -0.438 e. The van der Waals surface area contributed by atoms with Crippen LogP contribution < -0.4 is 10.1 Å². The number of thioether (sulfide) groups is 1. The predicted octanol–water partition coefficient (Wildman–Crippen LogP) is 3.74. The van der Waals surface area contributed by atoms with Gasteiger partial charge in [-0.15, -0.1) is 16.9 Å². The minimum absolute atomic E-state index is 0.513. The van der Waals surface area contributed by atoms with Crippen molar-refractivity contribution in [2.75, 3.05) is 12.8 Å². The molecule has 0 atom stereocenters. The van der Waals surface area contributed by atoms with Crippen LogP contribution >= 0.6 is 11.8 Å². The Morgan fingerprint density at radius 2 is 1.86 bits per heavy atom. The summed E-state index contributed by atoms with van der Waals surface area (Å²) < 4.78 is 5.67. The molecule has 1 aromatic heterocycles. The number of nitrogens with zero attached hydrogens (tertiary/aromatic N) is 2. The molecule has 2 aromatic rings. The topological polar surface area (TPSA) is 47.0 Å². The molecule has 2 rings (SSSR count). The van der Waals surface area contributed by atoms with E-state index in [0.717, 1.165) is 24.5 Å². The first-order chi connectivity index (χ1) is 10.2. The first-order valence-electron chi connectivity index (χ1n) is 7.02. The van der Waals surface area contributed by atoms with Gasteiger partial charge in [0.1, 0.15) is 5.75 Å². The molecule has 0 aliphatic heterocycles. The molecule has 0 aliphatic carbocycles. The summed E-state index contributed by atoms with van der Waals surface area (Å²) in [5, 5.41) is 11.6. The Balaban J connectivity index is 1.89. The highest BCUT2D eigenvalue weighted by Gasteiger charge is 2.02. The van der Waals surface area contributed by atoms with Gasteiger partial charge in [-0.2, -0.15) is 5.10 Å². The predicted molar refractivity (Wildman–Crippen MR) is 86.9 cm³/mol. The van der Waals surface area contributed by atoms with Gasteiger partial charge in [0.2, 0.25) is 5.88 Å². The molecule has 0 spiro atoms. The maximum absolute atomic E-state index is 5.67. The summed E-state index contributed by atoms with van der Waals surface area (Å²) in [6.07, 6.45) is 2.05. The largest absolute Gasteiger partial charge is 0.438 e. The summed E-state index contributed by atoms with van der Waals surface area (Å²) in [7, 11) is 0. The summed E-state index contributed by atoms with van der Waals surface area (Å²) in [5.74, 6) is 1.91. The number of hydrogen-bond acceptors (Lipinski definition) is 5. The Hall–Kier alpha value is -1.59. The average Bonchev–Trinajstić information content (AvgIpc) is 2.49. The number of rotatable bonds is 7. The fourth-order valence-electron chi connectivity index (χ4n) is 1.75. The van der Waals surface area contributed by atoms with Crippen molar-refractivity contribution in [1.82, 2.24) is 15.5 Å². The van der Waals surface area contributed by atoms with Crippen LogP contribution in [0.4, 0.5) is 0 Å². The van der Waals surface area contributed by atoms with Gasteiger partial charge in [-0.05, 0) is 49.1 Å². The Morgan fingerprint density at radius 1 is 1.10 bits per heavy atom. The van der Waals surface area contributed by atoms with Crippen molar-refractivity contribution in [1.29, 1.82) is 0 Å². The molecule has 4 nitrogen and oxygen atoms in total. The van der Waals surface area contributed by atoms with Crippen LogP contribution in [0.2, 0.25) is 0 Å². The molecule has 0 aliphatic rings. The molecule has 0 saturated carbocycles. The number of aromatic nitrogens is 2. The maximum atomic E-state index is 5.67. The SMILES string of the molecule is CSc1ccc(Oc2ccc(CNCC(C)C)nn2)cc1. The van der Waals surface area contributed by atoms with Gasteiger partial charge >= 0.3 is 0 Å². The number of hydrogen-bond donors (Lipinski definition) is 1. The van der Waals surface area contributed by atoms with E-state index in [4.69, 9.17) is 4.74 Å². The summed E-state index contributed by atoms with van der Waals surface area (Å²) in [6.45, 7) is 6.06. The summed E-state index contributed by atoms with van der Waals surface area (Å²) >= 11 is 1.70. The van der Waals surface area contributed by atoms with Crippen molar-refractivity contribution in [2.24, 2.45) is 5.92 Å². The quantitative estimate of drug-likeness (QED) is 0.790. The summed E-state index contributed by atoms with van der Waals surface area (Å²) in [5.41, 5.74) is 0.917. The first-order valence-corrected chi connectivity index (χ1v) is 8.25. The van der Waals surface area contributed by atoms with E-state index in [1.807, 2.05) is 42.7 Å². The number of ether oxygens (including phenoxy) is 1. The van der Waals surface area contributed by atoms with Crippen LogP contribution in [0.25, 0.3) is 0 Å². The lowest BCUT2D eigenvalue weighted by atomic mass is 10.2. The van der Waals surface area contributed by atoms with E-state index in [0.29, 0.717) is 11.8 Å². The van der Waals surface area contributed by atoms with Crippen LogP contribution in [-0.4, -0.2) is 23.0 Å². The molecule has 0 saturated heterocycles. The Morgan fingerprint density at radius 3 is 2.43 bits per heavy atom. The van der Waals surface area contributed by atoms with Gasteiger partial charge in [-0.25, -0.2) is 0 Å². The lowest BCUT2D eigenvalue weighted by Crippen LogP contribution is -2.19. The van der Waals surface area contributed by atoms with Crippen molar-refractivity contribution in [2.45, 2.75) is 25.3 Å². The molecule has 112 valence electrons. The third kappa shape index (κ3) is 5.36. The minimum atomic E-state index is 0.513. The Labute approximate surface area is 130 Å². The normalized spacial score (nSPS) is 10.9. The van der Waals surface area contributed by atoms with Crippen molar-refractivity contribution >= 4 is 11.8 Å². The van der Waals surface area contributed by atoms with E-state index >= 15 is 0 Å². The molecule has 0 radical (unpaired) electrons. The van der Waals surface area contributed by atoms with Crippen LogP contribution in [0, 0.1) is 5.92 Å².